The van der Waals surface area contributed by atoms with Crippen molar-refractivity contribution >= 4 is 17.8 Å². The van der Waals surface area contributed by atoms with Crippen molar-refractivity contribution in [1.82, 2.24) is 10.2 Å². The highest BCUT2D eigenvalue weighted by Gasteiger charge is 2.42. The van der Waals surface area contributed by atoms with E-state index in [1.807, 2.05) is 6.07 Å². The van der Waals surface area contributed by atoms with Crippen molar-refractivity contribution in [2.24, 2.45) is 0 Å². The minimum atomic E-state index is -1.25. The maximum Gasteiger partial charge on any atom is 0.322 e. The van der Waals surface area contributed by atoms with E-state index in [4.69, 9.17) is 9.84 Å². The van der Waals surface area contributed by atoms with Crippen LogP contribution >= 0.6 is 0 Å². The lowest BCUT2D eigenvalue weighted by Crippen LogP contribution is -2.55. The van der Waals surface area contributed by atoms with Gasteiger partial charge in [0.05, 0.1) is 0 Å². The predicted molar refractivity (Wildman–Crippen MR) is 87.8 cm³/mol. The summed E-state index contributed by atoms with van der Waals surface area (Å²) in [7, 11) is 0. The van der Waals surface area contributed by atoms with Gasteiger partial charge in [-0.05, 0) is 26.0 Å². The third kappa shape index (κ3) is 4.28. The number of nitrogens with zero attached hydrogens (tertiary/aromatic N) is 1. The van der Waals surface area contributed by atoms with Crippen molar-refractivity contribution in [3.63, 3.8) is 0 Å². The van der Waals surface area contributed by atoms with E-state index in [9.17, 15) is 19.5 Å². The van der Waals surface area contributed by atoms with Crippen LogP contribution in [0.4, 0.5) is 0 Å². The topological polar surface area (TPSA) is 116 Å². The SMILES string of the molecule is CC1(C)CC(O)=C(C(=O)NCC(=O)O)C(=O)N1COc1ccccc1. The van der Waals surface area contributed by atoms with Gasteiger partial charge in [0, 0.05) is 12.0 Å². The number of aliphatic carboxylic acids is 1. The van der Waals surface area contributed by atoms with E-state index < -0.39 is 35.4 Å². The molecule has 1 heterocycles. The summed E-state index contributed by atoms with van der Waals surface area (Å²) in [6.07, 6.45) is 0.0483. The van der Waals surface area contributed by atoms with E-state index >= 15 is 0 Å². The number of carboxylic acids is 1. The zero-order chi connectivity index (χ0) is 18.6. The van der Waals surface area contributed by atoms with Crippen LogP contribution in [0.15, 0.2) is 41.7 Å². The normalized spacial score (nSPS) is 16.6. The highest BCUT2D eigenvalue weighted by Crippen LogP contribution is 2.31. The number of para-hydroxylation sites is 1. The van der Waals surface area contributed by atoms with Crippen molar-refractivity contribution < 1.29 is 29.3 Å². The van der Waals surface area contributed by atoms with Crippen LogP contribution in [0.2, 0.25) is 0 Å². The van der Waals surface area contributed by atoms with E-state index in [2.05, 4.69) is 5.32 Å². The molecule has 2 amide bonds. The van der Waals surface area contributed by atoms with Crippen molar-refractivity contribution in [2.75, 3.05) is 13.3 Å². The number of aliphatic hydroxyl groups excluding tert-OH is 1. The Morgan fingerprint density at radius 2 is 1.92 bits per heavy atom. The smallest absolute Gasteiger partial charge is 0.322 e. The standard InChI is InChI=1S/C17H20N2O6/c1-17(2)8-12(20)14(15(23)18-9-13(21)22)16(24)19(17)10-25-11-6-4-3-5-7-11/h3-7,20H,8-10H2,1-2H3,(H,18,23)(H,21,22). The molecule has 0 unspecified atom stereocenters. The molecule has 1 aromatic carbocycles. The second-order valence-electron chi connectivity index (χ2n) is 6.21. The van der Waals surface area contributed by atoms with Gasteiger partial charge in [-0.25, -0.2) is 0 Å². The van der Waals surface area contributed by atoms with Crippen LogP contribution < -0.4 is 10.1 Å². The second-order valence-corrected chi connectivity index (χ2v) is 6.21. The molecule has 0 aromatic heterocycles. The third-order valence-electron chi connectivity index (χ3n) is 3.81. The summed E-state index contributed by atoms with van der Waals surface area (Å²) < 4.78 is 5.59. The number of carbonyl (C=O) groups is 3. The van der Waals surface area contributed by atoms with Crippen LogP contribution in [0.3, 0.4) is 0 Å². The fraction of sp³-hybridized carbons (Fsp3) is 0.353. The number of hydrogen-bond acceptors (Lipinski definition) is 5. The molecule has 0 radical (unpaired) electrons. The molecule has 0 atom stereocenters. The molecule has 1 aliphatic heterocycles. The molecule has 8 heteroatoms. The zero-order valence-corrected chi connectivity index (χ0v) is 14.0. The van der Waals surface area contributed by atoms with E-state index in [0.717, 1.165) is 0 Å². The highest BCUT2D eigenvalue weighted by molar-refractivity contribution is 6.19. The molecule has 8 nitrogen and oxygen atoms in total. The average Bonchev–Trinajstić information content (AvgIpc) is 2.52. The molecule has 0 bridgehead atoms. The minimum Gasteiger partial charge on any atom is -0.511 e. The molecule has 25 heavy (non-hydrogen) atoms. The van der Waals surface area contributed by atoms with Gasteiger partial charge in [0.25, 0.3) is 11.8 Å². The van der Waals surface area contributed by atoms with Crippen molar-refractivity contribution in [3.8, 4) is 5.75 Å². The molecule has 1 aliphatic rings. The van der Waals surface area contributed by atoms with Crippen molar-refractivity contribution in [3.05, 3.63) is 41.7 Å². The van der Waals surface area contributed by atoms with Gasteiger partial charge in [0.15, 0.2) is 6.73 Å². The number of carboxylic acid groups (broad SMARTS) is 1. The summed E-state index contributed by atoms with van der Waals surface area (Å²) >= 11 is 0. The van der Waals surface area contributed by atoms with Crippen LogP contribution in [-0.2, 0) is 14.4 Å². The number of nitrogens with one attached hydrogen (secondary N) is 1. The third-order valence-corrected chi connectivity index (χ3v) is 3.81. The number of benzene rings is 1. The summed E-state index contributed by atoms with van der Waals surface area (Å²) in [6.45, 7) is 2.72. The van der Waals surface area contributed by atoms with Crippen molar-refractivity contribution in [1.29, 1.82) is 0 Å². The molecule has 1 aromatic rings. The monoisotopic (exact) mass is 348 g/mol. The summed E-state index contributed by atoms with van der Waals surface area (Å²) in [5.74, 6) is -2.70. The molecular formula is C17H20N2O6. The molecule has 2 rings (SSSR count). The predicted octanol–water partition coefficient (Wildman–Crippen LogP) is 1.05. The lowest BCUT2D eigenvalue weighted by molar-refractivity contribution is -0.142. The lowest BCUT2D eigenvalue weighted by atomic mass is 9.89. The molecule has 0 saturated carbocycles. The Labute approximate surface area is 144 Å². The Morgan fingerprint density at radius 1 is 1.28 bits per heavy atom. The van der Waals surface area contributed by atoms with Crippen LogP contribution in [0.25, 0.3) is 0 Å². The number of aliphatic hydroxyl groups is 1. The number of amides is 2. The Balaban J connectivity index is 2.18. The van der Waals surface area contributed by atoms with Crippen LogP contribution in [0.5, 0.6) is 5.75 Å². The first-order chi connectivity index (χ1) is 11.7. The molecule has 0 spiro atoms. The van der Waals surface area contributed by atoms with Gasteiger partial charge < -0.3 is 20.3 Å². The molecule has 134 valence electrons. The largest absolute Gasteiger partial charge is 0.511 e. The Morgan fingerprint density at radius 3 is 2.52 bits per heavy atom. The quantitative estimate of drug-likeness (QED) is 0.662. The van der Waals surface area contributed by atoms with Gasteiger partial charge in [-0.3, -0.25) is 19.3 Å². The first-order valence-electron chi connectivity index (χ1n) is 7.64. The van der Waals surface area contributed by atoms with Gasteiger partial charge in [-0.15, -0.1) is 0 Å². The first-order valence-corrected chi connectivity index (χ1v) is 7.64. The number of carbonyl (C=O) groups excluding carboxylic acids is 2. The molecule has 3 N–H and O–H groups in total. The molecular weight excluding hydrogens is 328 g/mol. The van der Waals surface area contributed by atoms with Gasteiger partial charge >= 0.3 is 5.97 Å². The maximum absolute atomic E-state index is 12.7. The fourth-order valence-electron chi connectivity index (χ4n) is 2.49. The van der Waals surface area contributed by atoms with E-state index in [0.29, 0.717) is 5.75 Å². The summed E-state index contributed by atoms with van der Waals surface area (Å²) in [5, 5.41) is 20.8. The van der Waals surface area contributed by atoms with E-state index in [-0.39, 0.29) is 18.9 Å². The maximum atomic E-state index is 12.7. The van der Waals surface area contributed by atoms with Gasteiger partial charge in [0.1, 0.15) is 23.6 Å². The average molecular weight is 348 g/mol. The number of hydrogen-bond donors (Lipinski definition) is 3. The van der Waals surface area contributed by atoms with Gasteiger partial charge in [0.2, 0.25) is 0 Å². The first kappa shape index (κ1) is 18.3. The molecule has 0 aliphatic carbocycles. The second kappa shape index (κ2) is 7.25. The minimum absolute atomic E-state index is 0.0483. The summed E-state index contributed by atoms with van der Waals surface area (Å²) in [6, 6.07) is 8.86. The molecule has 0 fully saturated rings. The molecule has 0 saturated heterocycles. The van der Waals surface area contributed by atoms with Crippen molar-refractivity contribution in [2.45, 2.75) is 25.8 Å². The number of rotatable bonds is 6. The fourth-order valence-corrected chi connectivity index (χ4v) is 2.49. The van der Waals surface area contributed by atoms with Gasteiger partial charge in [-0.2, -0.15) is 0 Å². The Bertz CT molecular complexity index is 711. The van der Waals surface area contributed by atoms with E-state index in [1.54, 1.807) is 38.1 Å². The van der Waals surface area contributed by atoms with Crippen LogP contribution in [0.1, 0.15) is 20.3 Å². The Hall–Kier alpha value is -3.03. The summed E-state index contributed by atoms with van der Waals surface area (Å²) in [4.78, 5) is 36.6. The van der Waals surface area contributed by atoms with E-state index in [1.165, 1.54) is 4.90 Å². The Kier molecular flexibility index (Phi) is 5.31. The number of ether oxygens (including phenoxy) is 1. The summed E-state index contributed by atoms with van der Waals surface area (Å²) in [5.41, 5.74) is -1.23. The lowest BCUT2D eigenvalue weighted by Gasteiger charge is -2.41. The van der Waals surface area contributed by atoms with Crippen LogP contribution in [0, 0.1) is 0 Å². The van der Waals surface area contributed by atoms with Gasteiger partial charge in [-0.1, -0.05) is 18.2 Å². The highest BCUT2D eigenvalue weighted by atomic mass is 16.5. The van der Waals surface area contributed by atoms with Crippen LogP contribution in [-0.4, -0.2) is 51.7 Å². The zero-order valence-electron chi connectivity index (χ0n) is 14.0.